The molecule has 0 amide bonds. The van der Waals surface area contributed by atoms with Crippen molar-refractivity contribution in [2.75, 3.05) is 33.3 Å². The Kier molecular flexibility index (Phi) is 7.92. The van der Waals surface area contributed by atoms with Gasteiger partial charge in [0.15, 0.2) is 11.5 Å². The molecule has 0 atom stereocenters. The first-order valence-electron chi connectivity index (χ1n) is 9.91. The maximum atomic E-state index is 9.02. The number of hydrogen-bond acceptors (Lipinski definition) is 5. The largest absolute Gasteiger partial charge is 0.493 e. The number of aliphatic imine (C=N–C) groups is 1. The minimum atomic E-state index is 0.300. The summed E-state index contributed by atoms with van der Waals surface area (Å²) in [5.41, 5.74) is 2.37. The lowest BCUT2D eigenvalue weighted by molar-refractivity contribution is 0.235. The molecular formula is C23H26ClN3O2. The molecule has 29 heavy (non-hydrogen) atoms. The second-order valence-electron chi connectivity index (χ2n) is 7.07. The highest BCUT2D eigenvalue weighted by molar-refractivity contribution is 6.32. The van der Waals surface area contributed by atoms with Crippen LogP contribution in [0.25, 0.3) is 0 Å². The second-order valence-corrected chi connectivity index (χ2v) is 7.48. The highest BCUT2D eigenvalue weighted by Gasteiger charge is 2.12. The van der Waals surface area contributed by atoms with Gasteiger partial charge in [-0.1, -0.05) is 30.2 Å². The van der Waals surface area contributed by atoms with Gasteiger partial charge in [0.05, 0.1) is 30.3 Å². The smallest absolute Gasteiger partial charge is 0.180 e. The van der Waals surface area contributed by atoms with Crippen molar-refractivity contribution in [1.82, 2.24) is 4.90 Å². The summed E-state index contributed by atoms with van der Waals surface area (Å²) >= 11 is 6.45. The topological polar surface area (TPSA) is 57.9 Å². The average Bonchev–Trinajstić information content (AvgIpc) is 2.76. The standard InChI is InChI=1S/C23H26ClN3O2/c1-28-22-14-20(16-26-8-11-27-9-3-2-4-10-27)13-21(24)23(22)29-17-19-7-5-6-18(12-19)15-25/h5-7,12-14,16H,2-4,8-11,17H2,1H3. The molecule has 0 aliphatic carbocycles. The monoisotopic (exact) mass is 411 g/mol. The minimum Gasteiger partial charge on any atom is -0.493 e. The maximum Gasteiger partial charge on any atom is 0.180 e. The van der Waals surface area contributed by atoms with Gasteiger partial charge in [-0.15, -0.1) is 0 Å². The fraction of sp³-hybridized carbons (Fsp3) is 0.391. The second kappa shape index (κ2) is 10.8. The Morgan fingerprint density at radius 2 is 2.03 bits per heavy atom. The van der Waals surface area contributed by atoms with E-state index >= 15 is 0 Å². The third-order valence-corrected chi connectivity index (χ3v) is 5.21. The van der Waals surface area contributed by atoms with Crippen molar-refractivity contribution in [3.8, 4) is 17.6 Å². The lowest BCUT2D eigenvalue weighted by Gasteiger charge is -2.25. The predicted octanol–water partition coefficient (Wildman–Crippen LogP) is 4.70. The van der Waals surface area contributed by atoms with Crippen molar-refractivity contribution >= 4 is 17.8 Å². The first kappa shape index (κ1) is 21.2. The fourth-order valence-corrected chi connectivity index (χ4v) is 3.67. The van der Waals surface area contributed by atoms with Crippen LogP contribution >= 0.6 is 11.6 Å². The normalized spacial score (nSPS) is 14.7. The molecule has 1 saturated heterocycles. The van der Waals surface area contributed by atoms with Gasteiger partial charge >= 0.3 is 0 Å². The molecule has 0 saturated carbocycles. The van der Waals surface area contributed by atoms with Gasteiger partial charge in [-0.3, -0.25) is 4.99 Å². The fourth-order valence-electron chi connectivity index (χ4n) is 3.39. The zero-order valence-electron chi connectivity index (χ0n) is 16.7. The number of rotatable bonds is 8. The van der Waals surface area contributed by atoms with E-state index in [4.69, 9.17) is 26.3 Å². The summed E-state index contributed by atoms with van der Waals surface area (Å²) in [5, 5.41) is 9.49. The van der Waals surface area contributed by atoms with E-state index in [-0.39, 0.29) is 0 Å². The molecule has 5 nitrogen and oxygen atoms in total. The molecule has 0 spiro atoms. The molecule has 0 N–H and O–H groups in total. The molecule has 1 heterocycles. The van der Waals surface area contributed by atoms with Crippen molar-refractivity contribution in [3.63, 3.8) is 0 Å². The summed E-state index contributed by atoms with van der Waals surface area (Å²) in [6.45, 7) is 4.42. The lowest BCUT2D eigenvalue weighted by Crippen LogP contribution is -2.31. The summed E-state index contributed by atoms with van der Waals surface area (Å²) in [4.78, 5) is 7.01. The van der Waals surface area contributed by atoms with Crippen LogP contribution in [0.15, 0.2) is 41.4 Å². The first-order valence-corrected chi connectivity index (χ1v) is 10.3. The van der Waals surface area contributed by atoms with Gasteiger partial charge in [-0.05, 0) is 61.3 Å². The van der Waals surface area contributed by atoms with Crippen molar-refractivity contribution in [2.45, 2.75) is 25.9 Å². The average molecular weight is 412 g/mol. The molecule has 1 fully saturated rings. The van der Waals surface area contributed by atoms with Crippen LogP contribution in [0.1, 0.15) is 36.0 Å². The molecule has 1 aliphatic rings. The molecule has 152 valence electrons. The minimum absolute atomic E-state index is 0.300. The van der Waals surface area contributed by atoms with E-state index in [9.17, 15) is 0 Å². The van der Waals surface area contributed by atoms with Crippen LogP contribution in [0.3, 0.4) is 0 Å². The Balaban J connectivity index is 1.62. The maximum absolute atomic E-state index is 9.02. The number of hydrogen-bond donors (Lipinski definition) is 0. The zero-order valence-corrected chi connectivity index (χ0v) is 17.5. The lowest BCUT2D eigenvalue weighted by atomic mass is 10.1. The van der Waals surface area contributed by atoms with Gasteiger partial charge in [-0.25, -0.2) is 0 Å². The van der Waals surface area contributed by atoms with Gasteiger partial charge in [0.2, 0.25) is 0 Å². The Labute approximate surface area is 177 Å². The summed E-state index contributed by atoms with van der Waals surface area (Å²) in [7, 11) is 1.59. The number of likely N-dealkylation sites (tertiary alicyclic amines) is 1. The van der Waals surface area contributed by atoms with Crippen LogP contribution < -0.4 is 9.47 Å². The van der Waals surface area contributed by atoms with Gasteiger partial charge in [0, 0.05) is 12.8 Å². The summed E-state index contributed by atoms with van der Waals surface area (Å²) in [5.74, 6) is 1.05. The Morgan fingerprint density at radius 3 is 2.79 bits per heavy atom. The van der Waals surface area contributed by atoms with Gasteiger partial charge in [0.1, 0.15) is 6.61 Å². The molecule has 0 unspecified atom stereocenters. The Bertz CT molecular complexity index is 886. The molecule has 0 bridgehead atoms. The van der Waals surface area contributed by atoms with E-state index in [1.165, 1.54) is 32.4 Å². The number of nitriles is 1. The number of halogens is 1. The van der Waals surface area contributed by atoms with E-state index < -0.39 is 0 Å². The van der Waals surface area contributed by atoms with Crippen LogP contribution in [0, 0.1) is 11.3 Å². The number of piperidine rings is 1. The van der Waals surface area contributed by atoms with Crippen molar-refractivity contribution < 1.29 is 9.47 Å². The molecule has 6 heteroatoms. The zero-order chi connectivity index (χ0) is 20.5. The number of nitrogens with zero attached hydrogens (tertiary/aromatic N) is 3. The quantitative estimate of drug-likeness (QED) is 0.590. The van der Waals surface area contributed by atoms with Crippen LogP contribution in [0.5, 0.6) is 11.5 Å². The highest BCUT2D eigenvalue weighted by atomic mass is 35.5. The van der Waals surface area contributed by atoms with E-state index in [2.05, 4.69) is 16.0 Å². The van der Waals surface area contributed by atoms with Gasteiger partial charge in [-0.2, -0.15) is 5.26 Å². The van der Waals surface area contributed by atoms with Crippen molar-refractivity contribution in [2.24, 2.45) is 4.99 Å². The van der Waals surface area contributed by atoms with Crippen LogP contribution in [0.2, 0.25) is 5.02 Å². The van der Waals surface area contributed by atoms with Gasteiger partial charge in [0.25, 0.3) is 0 Å². The van der Waals surface area contributed by atoms with Crippen LogP contribution in [-0.4, -0.2) is 44.4 Å². The molecule has 0 radical (unpaired) electrons. The van der Waals surface area contributed by atoms with Crippen molar-refractivity contribution in [3.05, 3.63) is 58.1 Å². The molecular weight excluding hydrogens is 386 g/mol. The first-order chi connectivity index (χ1) is 14.2. The summed E-state index contributed by atoms with van der Waals surface area (Å²) in [6.07, 6.45) is 5.76. The summed E-state index contributed by atoms with van der Waals surface area (Å²) in [6, 6.07) is 13.1. The molecule has 0 aromatic heterocycles. The van der Waals surface area contributed by atoms with E-state index in [1.54, 1.807) is 19.2 Å². The number of ether oxygens (including phenoxy) is 2. The molecule has 2 aromatic carbocycles. The summed E-state index contributed by atoms with van der Waals surface area (Å²) < 4.78 is 11.4. The SMILES string of the molecule is COc1cc(C=NCCN2CCCCC2)cc(Cl)c1OCc1cccc(C#N)c1. The predicted molar refractivity (Wildman–Crippen MR) is 116 cm³/mol. The van der Waals surface area contributed by atoms with E-state index in [1.807, 2.05) is 30.5 Å². The number of methoxy groups -OCH3 is 1. The highest BCUT2D eigenvalue weighted by Crippen LogP contribution is 2.36. The molecule has 2 aromatic rings. The van der Waals surface area contributed by atoms with Crippen LogP contribution in [0.4, 0.5) is 0 Å². The Hall–Kier alpha value is -2.55. The van der Waals surface area contributed by atoms with Crippen molar-refractivity contribution in [1.29, 1.82) is 5.26 Å². The third kappa shape index (κ3) is 6.22. The third-order valence-electron chi connectivity index (χ3n) is 4.93. The van der Waals surface area contributed by atoms with Gasteiger partial charge < -0.3 is 14.4 Å². The van der Waals surface area contributed by atoms with E-state index in [0.717, 1.165) is 24.2 Å². The van der Waals surface area contributed by atoms with E-state index in [0.29, 0.717) is 28.7 Å². The Morgan fingerprint density at radius 1 is 1.21 bits per heavy atom. The van der Waals surface area contributed by atoms with Crippen LogP contribution in [-0.2, 0) is 6.61 Å². The molecule has 3 rings (SSSR count). The molecule has 1 aliphatic heterocycles. The number of benzene rings is 2.